The first-order valence-corrected chi connectivity index (χ1v) is 10.8. The molecular weight excluding hydrogens is 448 g/mol. The Morgan fingerprint density at radius 1 is 1.06 bits per heavy atom. The fraction of sp³-hybridized carbons (Fsp3) is 0.115. The Morgan fingerprint density at radius 3 is 2.43 bits per heavy atom. The molecule has 0 aliphatic carbocycles. The van der Waals surface area contributed by atoms with E-state index in [1.165, 1.54) is 24.1 Å². The van der Waals surface area contributed by atoms with Crippen molar-refractivity contribution in [2.45, 2.75) is 6.92 Å². The summed E-state index contributed by atoms with van der Waals surface area (Å²) in [6.07, 6.45) is 2.93. The zero-order chi connectivity index (χ0) is 24.7. The van der Waals surface area contributed by atoms with Crippen LogP contribution in [0.15, 0.2) is 71.6 Å². The monoisotopic (exact) mass is 470 g/mol. The number of hydrogen-bond donors (Lipinski definition) is 2. The molecule has 5 rings (SSSR count). The standard InChI is InChI=1S/C26H22N4O5/c1-15-19(14-27-29(15)2)24(31)22-23(18-6-4-5-7-21(18)34-3)30(26(33)25(22)32)17-10-8-16(9-11-17)20-12-13-35-28-20/h4-14,32-33H,1-3H3. The lowest BCUT2D eigenvalue weighted by molar-refractivity contribution is 0.103. The predicted octanol–water partition coefficient (Wildman–Crippen LogP) is 4.49. The average molecular weight is 470 g/mol. The van der Waals surface area contributed by atoms with Crippen LogP contribution in [-0.4, -0.2) is 42.6 Å². The Balaban J connectivity index is 1.77. The fourth-order valence-corrected chi connectivity index (χ4v) is 4.11. The Morgan fingerprint density at radius 2 is 1.80 bits per heavy atom. The SMILES string of the molecule is COc1ccccc1-c1c(C(=O)c2cnn(C)c2C)c(O)c(O)n1-c1ccc(-c2ccon2)cc1. The molecule has 0 saturated carbocycles. The molecule has 176 valence electrons. The first-order chi connectivity index (χ1) is 16.9. The van der Waals surface area contributed by atoms with Crippen molar-refractivity contribution in [2.75, 3.05) is 7.11 Å². The molecule has 0 aliphatic rings. The average Bonchev–Trinajstić information content (AvgIpc) is 3.59. The summed E-state index contributed by atoms with van der Waals surface area (Å²) < 4.78 is 13.5. The number of carbonyl (C=O) groups is 1. The van der Waals surface area contributed by atoms with Crippen molar-refractivity contribution < 1.29 is 24.3 Å². The molecule has 3 heterocycles. The van der Waals surface area contributed by atoms with Crippen LogP contribution < -0.4 is 4.74 Å². The van der Waals surface area contributed by atoms with Gasteiger partial charge in [0.1, 0.15) is 17.7 Å². The van der Waals surface area contributed by atoms with Gasteiger partial charge in [-0.05, 0) is 31.2 Å². The van der Waals surface area contributed by atoms with Crippen LogP contribution in [0.5, 0.6) is 17.4 Å². The minimum Gasteiger partial charge on any atom is -0.503 e. The lowest BCUT2D eigenvalue weighted by Gasteiger charge is -2.15. The topological polar surface area (TPSA) is 116 Å². The van der Waals surface area contributed by atoms with Crippen LogP contribution in [0.3, 0.4) is 0 Å². The van der Waals surface area contributed by atoms with Gasteiger partial charge in [-0.25, -0.2) is 0 Å². The maximum Gasteiger partial charge on any atom is 0.240 e. The third-order valence-corrected chi connectivity index (χ3v) is 6.05. The van der Waals surface area contributed by atoms with E-state index in [4.69, 9.17) is 9.26 Å². The summed E-state index contributed by atoms with van der Waals surface area (Å²) in [5, 5.41) is 30.2. The summed E-state index contributed by atoms with van der Waals surface area (Å²) in [7, 11) is 3.25. The normalized spacial score (nSPS) is 11.1. The van der Waals surface area contributed by atoms with E-state index in [1.807, 2.05) is 12.1 Å². The van der Waals surface area contributed by atoms with Crippen molar-refractivity contribution in [3.05, 3.63) is 83.9 Å². The van der Waals surface area contributed by atoms with Gasteiger partial charge in [0.25, 0.3) is 0 Å². The molecule has 2 N–H and O–H groups in total. The van der Waals surface area contributed by atoms with Gasteiger partial charge in [0.05, 0.1) is 30.1 Å². The summed E-state index contributed by atoms with van der Waals surface area (Å²) in [6.45, 7) is 1.76. The van der Waals surface area contributed by atoms with Crippen LogP contribution in [0, 0.1) is 6.92 Å². The second-order valence-electron chi connectivity index (χ2n) is 7.96. The van der Waals surface area contributed by atoms with Crippen LogP contribution in [0.1, 0.15) is 21.6 Å². The molecule has 2 aromatic carbocycles. The number of carbonyl (C=O) groups excluding carboxylic acids is 1. The van der Waals surface area contributed by atoms with Crippen molar-refractivity contribution in [2.24, 2.45) is 7.05 Å². The van der Waals surface area contributed by atoms with Gasteiger partial charge in [-0.15, -0.1) is 0 Å². The number of benzene rings is 2. The summed E-state index contributed by atoms with van der Waals surface area (Å²) in [6, 6.07) is 16.0. The van der Waals surface area contributed by atoms with E-state index in [0.29, 0.717) is 39.6 Å². The first-order valence-electron chi connectivity index (χ1n) is 10.8. The van der Waals surface area contributed by atoms with Gasteiger partial charge in [-0.1, -0.05) is 29.4 Å². The van der Waals surface area contributed by atoms with Crippen molar-refractivity contribution in [3.63, 3.8) is 0 Å². The predicted molar refractivity (Wildman–Crippen MR) is 128 cm³/mol. The lowest BCUT2D eigenvalue weighted by Crippen LogP contribution is -2.07. The van der Waals surface area contributed by atoms with Crippen LogP contribution in [0.4, 0.5) is 0 Å². The molecule has 0 bridgehead atoms. The van der Waals surface area contributed by atoms with E-state index in [2.05, 4.69) is 10.3 Å². The number of aromatic nitrogens is 4. The van der Waals surface area contributed by atoms with Crippen molar-refractivity contribution in [1.82, 2.24) is 19.5 Å². The van der Waals surface area contributed by atoms with E-state index in [9.17, 15) is 15.0 Å². The maximum absolute atomic E-state index is 13.7. The second kappa shape index (κ2) is 8.53. The van der Waals surface area contributed by atoms with E-state index >= 15 is 0 Å². The van der Waals surface area contributed by atoms with Gasteiger partial charge >= 0.3 is 0 Å². The second-order valence-corrected chi connectivity index (χ2v) is 7.96. The Hall–Kier alpha value is -4.79. The molecule has 0 aliphatic heterocycles. The zero-order valence-electron chi connectivity index (χ0n) is 19.3. The molecule has 5 aromatic rings. The maximum atomic E-state index is 13.7. The third kappa shape index (κ3) is 3.54. The largest absolute Gasteiger partial charge is 0.503 e. The quantitative estimate of drug-likeness (QED) is 0.351. The third-order valence-electron chi connectivity index (χ3n) is 6.05. The fourth-order valence-electron chi connectivity index (χ4n) is 4.11. The Kier molecular flexibility index (Phi) is 5.37. The number of rotatable bonds is 6. The molecule has 0 spiro atoms. The molecular formula is C26H22N4O5. The number of ether oxygens (including phenoxy) is 1. The number of aryl methyl sites for hydroxylation is 1. The summed E-state index contributed by atoms with van der Waals surface area (Å²) in [4.78, 5) is 13.7. The van der Waals surface area contributed by atoms with Gasteiger partial charge in [-0.2, -0.15) is 5.10 Å². The minimum absolute atomic E-state index is 0.0522. The van der Waals surface area contributed by atoms with Gasteiger partial charge < -0.3 is 19.5 Å². The van der Waals surface area contributed by atoms with Gasteiger partial charge in [0.15, 0.2) is 5.75 Å². The number of para-hydroxylation sites is 1. The molecule has 35 heavy (non-hydrogen) atoms. The first kappa shape index (κ1) is 22.0. The smallest absolute Gasteiger partial charge is 0.240 e. The molecule has 0 atom stereocenters. The highest BCUT2D eigenvalue weighted by molar-refractivity contribution is 6.16. The van der Waals surface area contributed by atoms with Crippen molar-refractivity contribution in [3.8, 4) is 45.6 Å². The molecule has 0 amide bonds. The number of ketones is 1. The molecule has 0 unspecified atom stereocenters. The van der Waals surface area contributed by atoms with Crippen LogP contribution in [-0.2, 0) is 7.05 Å². The minimum atomic E-state index is -0.528. The lowest BCUT2D eigenvalue weighted by atomic mass is 9.99. The highest BCUT2D eigenvalue weighted by Gasteiger charge is 2.32. The summed E-state index contributed by atoms with van der Waals surface area (Å²) in [5.41, 5.74) is 3.69. The van der Waals surface area contributed by atoms with Gasteiger partial charge in [-0.3, -0.25) is 14.0 Å². The van der Waals surface area contributed by atoms with E-state index < -0.39 is 17.4 Å². The molecule has 9 heteroatoms. The Bertz CT molecular complexity index is 1530. The summed E-state index contributed by atoms with van der Waals surface area (Å²) in [5.74, 6) is -0.991. The number of nitrogens with zero attached hydrogens (tertiary/aromatic N) is 4. The van der Waals surface area contributed by atoms with Crippen molar-refractivity contribution >= 4 is 5.78 Å². The Labute approximate surface area is 200 Å². The van der Waals surface area contributed by atoms with Crippen LogP contribution in [0.25, 0.3) is 28.2 Å². The van der Waals surface area contributed by atoms with Crippen molar-refractivity contribution in [1.29, 1.82) is 0 Å². The number of methoxy groups -OCH3 is 1. The van der Waals surface area contributed by atoms with Crippen LogP contribution >= 0.6 is 0 Å². The van der Waals surface area contributed by atoms with Gasteiger partial charge in [0, 0.05) is 35.6 Å². The van der Waals surface area contributed by atoms with Crippen LogP contribution in [0.2, 0.25) is 0 Å². The highest BCUT2D eigenvalue weighted by Crippen LogP contribution is 2.46. The summed E-state index contributed by atoms with van der Waals surface area (Å²) >= 11 is 0. The van der Waals surface area contributed by atoms with E-state index in [-0.39, 0.29) is 5.56 Å². The molecule has 0 fully saturated rings. The molecule has 0 saturated heterocycles. The number of hydrogen-bond acceptors (Lipinski definition) is 7. The number of aromatic hydroxyl groups is 2. The molecule has 9 nitrogen and oxygen atoms in total. The molecule has 0 radical (unpaired) electrons. The molecule has 3 aromatic heterocycles. The highest BCUT2D eigenvalue weighted by atomic mass is 16.5. The van der Waals surface area contributed by atoms with Gasteiger partial charge in [0.2, 0.25) is 11.7 Å². The van der Waals surface area contributed by atoms with E-state index in [1.54, 1.807) is 61.1 Å². The zero-order valence-corrected chi connectivity index (χ0v) is 19.3. The van der Waals surface area contributed by atoms with E-state index in [0.717, 1.165) is 5.56 Å².